The third-order valence-corrected chi connectivity index (χ3v) is 5.24. The zero-order valence-corrected chi connectivity index (χ0v) is 16.2. The highest BCUT2D eigenvalue weighted by Crippen LogP contribution is 2.23. The first-order chi connectivity index (χ1) is 12.5. The Bertz CT molecular complexity index is 801. The second-order valence-corrected chi connectivity index (χ2v) is 7.47. The van der Waals surface area contributed by atoms with Crippen molar-refractivity contribution < 1.29 is 14.0 Å². The zero-order chi connectivity index (χ0) is 18.7. The van der Waals surface area contributed by atoms with Crippen molar-refractivity contribution >= 4 is 39.3 Å². The van der Waals surface area contributed by atoms with Crippen LogP contribution in [-0.4, -0.2) is 35.8 Å². The number of carbonyl (C=O) groups excluding carboxylic acids is 2. The molecule has 26 heavy (non-hydrogen) atoms. The average molecular weight is 440 g/mol. The fraction of sp³-hybridized carbons (Fsp3) is 0.263. The largest absolute Gasteiger partial charge is 0.349 e. The fourth-order valence-corrected chi connectivity index (χ4v) is 3.47. The number of benzene rings is 2. The minimum absolute atomic E-state index is 0.0220. The Hall–Kier alpha value is -1.92. The Morgan fingerprint density at radius 1 is 1.12 bits per heavy atom. The molecule has 1 aliphatic rings. The SMILES string of the molecule is O=C(NC1CCN(C(=O)c2c(F)cccc2Cl)CC1)c1ccc(Br)cc1. The Balaban J connectivity index is 1.58. The van der Waals surface area contributed by atoms with Gasteiger partial charge in [0.25, 0.3) is 11.8 Å². The number of hydrogen-bond donors (Lipinski definition) is 1. The lowest BCUT2D eigenvalue weighted by Gasteiger charge is -2.32. The number of nitrogens with one attached hydrogen (secondary N) is 1. The molecule has 1 fully saturated rings. The molecule has 0 atom stereocenters. The topological polar surface area (TPSA) is 49.4 Å². The van der Waals surface area contributed by atoms with Gasteiger partial charge in [-0.3, -0.25) is 9.59 Å². The van der Waals surface area contributed by atoms with Crippen molar-refractivity contribution in [2.75, 3.05) is 13.1 Å². The Morgan fingerprint density at radius 3 is 2.38 bits per heavy atom. The number of hydrogen-bond acceptors (Lipinski definition) is 2. The van der Waals surface area contributed by atoms with Crippen molar-refractivity contribution in [3.63, 3.8) is 0 Å². The van der Waals surface area contributed by atoms with Gasteiger partial charge in [-0.05, 0) is 49.2 Å². The molecule has 4 nitrogen and oxygen atoms in total. The quantitative estimate of drug-likeness (QED) is 0.776. The average Bonchev–Trinajstić information content (AvgIpc) is 2.62. The van der Waals surface area contributed by atoms with E-state index in [1.165, 1.54) is 18.2 Å². The van der Waals surface area contributed by atoms with Crippen LogP contribution in [0.5, 0.6) is 0 Å². The van der Waals surface area contributed by atoms with Crippen LogP contribution in [0.3, 0.4) is 0 Å². The number of piperidine rings is 1. The smallest absolute Gasteiger partial charge is 0.258 e. The Morgan fingerprint density at radius 2 is 1.77 bits per heavy atom. The summed E-state index contributed by atoms with van der Waals surface area (Å²) in [5, 5.41) is 3.10. The van der Waals surface area contributed by atoms with Gasteiger partial charge in [0, 0.05) is 29.2 Å². The lowest BCUT2D eigenvalue weighted by molar-refractivity contribution is 0.0694. The second kappa shape index (κ2) is 8.18. The van der Waals surface area contributed by atoms with Crippen LogP contribution < -0.4 is 5.32 Å². The molecule has 0 radical (unpaired) electrons. The number of halogens is 3. The Kier molecular flexibility index (Phi) is 5.94. The number of amides is 2. The molecule has 2 aromatic rings. The van der Waals surface area contributed by atoms with E-state index in [9.17, 15) is 14.0 Å². The van der Waals surface area contributed by atoms with Gasteiger partial charge < -0.3 is 10.2 Å². The molecule has 1 N–H and O–H groups in total. The minimum atomic E-state index is -0.617. The molecule has 0 unspecified atom stereocenters. The summed E-state index contributed by atoms with van der Waals surface area (Å²) in [4.78, 5) is 26.4. The van der Waals surface area contributed by atoms with Gasteiger partial charge in [0.05, 0.1) is 10.6 Å². The van der Waals surface area contributed by atoms with E-state index in [1.807, 2.05) is 12.1 Å². The molecule has 3 rings (SSSR count). The summed E-state index contributed by atoms with van der Waals surface area (Å²) in [6.45, 7) is 0.879. The molecule has 0 saturated carbocycles. The van der Waals surface area contributed by atoms with Crippen molar-refractivity contribution in [3.05, 3.63) is 68.9 Å². The van der Waals surface area contributed by atoms with E-state index in [1.54, 1.807) is 17.0 Å². The summed E-state index contributed by atoms with van der Waals surface area (Å²) in [5.74, 6) is -1.17. The highest BCUT2D eigenvalue weighted by atomic mass is 79.9. The van der Waals surface area contributed by atoms with Crippen molar-refractivity contribution in [2.45, 2.75) is 18.9 Å². The van der Waals surface area contributed by atoms with Crippen molar-refractivity contribution in [2.24, 2.45) is 0 Å². The number of rotatable bonds is 3. The molecule has 0 aliphatic carbocycles. The predicted octanol–water partition coefficient (Wildman–Crippen LogP) is 4.28. The summed E-state index contributed by atoms with van der Waals surface area (Å²) >= 11 is 9.31. The molecule has 0 spiro atoms. The van der Waals surface area contributed by atoms with Gasteiger partial charge in [-0.15, -0.1) is 0 Å². The molecule has 7 heteroatoms. The van der Waals surface area contributed by atoms with Gasteiger partial charge in [-0.1, -0.05) is 33.6 Å². The lowest BCUT2D eigenvalue weighted by Crippen LogP contribution is -2.46. The van der Waals surface area contributed by atoms with Crippen molar-refractivity contribution in [3.8, 4) is 0 Å². The minimum Gasteiger partial charge on any atom is -0.349 e. The lowest BCUT2D eigenvalue weighted by atomic mass is 10.0. The summed E-state index contributed by atoms with van der Waals surface area (Å²) in [6, 6.07) is 11.3. The summed E-state index contributed by atoms with van der Waals surface area (Å²) < 4.78 is 14.8. The van der Waals surface area contributed by atoms with Crippen LogP contribution in [0.15, 0.2) is 46.9 Å². The van der Waals surface area contributed by atoms with Gasteiger partial charge in [-0.25, -0.2) is 4.39 Å². The van der Waals surface area contributed by atoms with Gasteiger partial charge in [0.2, 0.25) is 0 Å². The summed E-state index contributed by atoms with van der Waals surface area (Å²) in [7, 11) is 0. The van der Waals surface area contributed by atoms with E-state index in [4.69, 9.17) is 11.6 Å². The third kappa shape index (κ3) is 4.24. The van der Waals surface area contributed by atoms with Crippen molar-refractivity contribution in [1.29, 1.82) is 0 Å². The number of likely N-dealkylation sites (tertiary alicyclic amines) is 1. The molecule has 1 aliphatic heterocycles. The highest BCUT2D eigenvalue weighted by Gasteiger charge is 2.27. The van der Waals surface area contributed by atoms with E-state index < -0.39 is 11.7 Å². The first kappa shape index (κ1) is 18.9. The van der Waals surface area contributed by atoms with Gasteiger partial charge >= 0.3 is 0 Å². The van der Waals surface area contributed by atoms with E-state index in [0.717, 1.165) is 4.47 Å². The first-order valence-electron chi connectivity index (χ1n) is 8.25. The molecule has 2 amide bonds. The highest BCUT2D eigenvalue weighted by molar-refractivity contribution is 9.10. The maximum Gasteiger partial charge on any atom is 0.258 e. The van der Waals surface area contributed by atoms with Crippen molar-refractivity contribution in [1.82, 2.24) is 10.2 Å². The van der Waals surface area contributed by atoms with Crippen LogP contribution in [0.25, 0.3) is 0 Å². The van der Waals surface area contributed by atoms with Crippen LogP contribution in [0.1, 0.15) is 33.6 Å². The standard InChI is InChI=1S/C19H17BrClFN2O2/c20-13-6-4-12(5-7-13)18(25)23-14-8-10-24(11-9-14)19(26)17-15(21)2-1-3-16(17)22/h1-7,14H,8-11H2,(H,23,25). The fourth-order valence-electron chi connectivity index (χ4n) is 2.96. The predicted molar refractivity (Wildman–Crippen MR) is 102 cm³/mol. The van der Waals surface area contributed by atoms with Crippen LogP contribution in [0.2, 0.25) is 5.02 Å². The summed E-state index contributed by atoms with van der Waals surface area (Å²) in [5.41, 5.74) is 0.497. The molecule has 1 heterocycles. The molecule has 0 aromatic heterocycles. The van der Waals surface area contributed by atoms with Crippen LogP contribution >= 0.6 is 27.5 Å². The number of nitrogens with zero attached hydrogens (tertiary/aromatic N) is 1. The van der Waals surface area contributed by atoms with Gasteiger partial charge in [0.1, 0.15) is 5.82 Å². The van der Waals surface area contributed by atoms with Crippen LogP contribution in [-0.2, 0) is 0 Å². The molecule has 2 aromatic carbocycles. The van der Waals surface area contributed by atoms with Gasteiger partial charge in [0.15, 0.2) is 0 Å². The molecule has 136 valence electrons. The van der Waals surface area contributed by atoms with E-state index in [-0.39, 0.29) is 22.5 Å². The van der Waals surface area contributed by atoms with E-state index in [2.05, 4.69) is 21.2 Å². The van der Waals surface area contributed by atoms with Crippen LogP contribution in [0.4, 0.5) is 4.39 Å². The molecule has 1 saturated heterocycles. The molecular weight excluding hydrogens is 423 g/mol. The van der Waals surface area contributed by atoms with E-state index >= 15 is 0 Å². The molecular formula is C19H17BrClFN2O2. The molecule has 0 bridgehead atoms. The normalized spacial score (nSPS) is 15.0. The number of carbonyl (C=O) groups is 2. The third-order valence-electron chi connectivity index (χ3n) is 4.40. The maximum absolute atomic E-state index is 13.9. The van der Waals surface area contributed by atoms with E-state index in [0.29, 0.717) is 31.5 Å². The monoisotopic (exact) mass is 438 g/mol. The Labute approximate surface area is 164 Å². The maximum atomic E-state index is 13.9. The van der Waals surface area contributed by atoms with Gasteiger partial charge in [-0.2, -0.15) is 0 Å². The first-order valence-corrected chi connectivity index (χ1v) is 9.42. The second-order valence-electron chi connectivity index (χ2n) is 6.14. The van der Waals surface area contributed by atoms with Crippen LogP contribution in [0, 0.1) is 5.82 Å². The zero-order valence-electron chi connectivity index (χ0n) is 13.8. The summed E-state index contributed by atoms with van der Waals surface area (Å²) in [6.07, 6.45) is 1.22.